The summed E-state index contributed by atoms with van der Waals surface area (Å²) in [5.74, 6) is 0.231. The molecule has 1 aromatic rings. The van der Waals surface area contributed by atoms with Gasteiger partial charge in [-0.3, -0.25) is 9.69 Å². The van der Waals surface area contributed by atoms with E-state index in [9.17, 15) is 18.0 Å². The van der Waals surface area contributed by atoms with E-state index in [0.29, 0.717) is 32.5 Å². The number of aryl methyl sites for hydroxylation is 2. The monoisotopic (exact) mass is 315 g/mol. The summed E-state index contributed by atoms with van der Waals surface area (Å²) in [4.78, 5) is 13.5. The average molecular weight is 315 g/mol. The lowest BCUT2D eigenvalue weighted by Gasteiger charge is -2.32. The Morgan fingerprint density at radius 1 is 1.23 bits per heavy atom. The lowest BCUT2D eigenvalue weighted by atomic mass is 9.97. The van der Waals surface area contributed by atoms with Crippen LogP contribution in [0.5, 0.6) is 0 Å². The summed E-state index contributed by atoms with van der Waals surface area (Å²) in [6.07, 6.45) is 0.114. The van der Waals surface area contributed by atoms with Crippen molar-refractivity contribution < 1.29 is 13.2 Å². The van der Waals surface area contributed by atoms with Crippen LogP contribution in [0.1, 0.15) is 30.5 Å². The maximum atomic E-state index is 12.4. The number of rotatable bonds is 3. The maximum Gasteiger partial charge on any atom is 0.401 e. The molecule has 0 spiro atoms. The van der Waals surface area contributed by atoms with Crippen molar-refractivity contribution in [1.82, 2.24) is 14.7 Å². The molecule has 1 saturated heterocycles. The summed E-state index contributed by atoms with van der Waals surface area (Å²) in [5, 5.41) is 4.44. The Morgan fingerprint density at radius 2 is 1.95 bits per heavy atom. The normalized spacial score (nSPS) is 20.3. The number of piperidine rings is 1. The first kappa shape index (κ1) is 15.5. The standard InChI is InChI=1S/C15H20F3N3O/c16-15(17,18)10-20-6-4-11(5-7-20)9-21-14(22)8-12-2-1-3-13(12)19-21/h8,11H,1-7,9-10H2. The molecular weight excluding hydrogens is 295 g/mol. The minimum atomic E-state index is -4.13. The predicted octanol–water partition coefficient (Wildman–Crippen LogP) is 2.01. The van der Waals surface area contributed by atoms with Gasteiger partial charge in [0.05, 0.1) is 12.2 Å². The molecular formula is C15H20F3N3O. The SMILES string of the molecule is O=c1cc2c(nn1CC1CCN(CC(F)(F)F)CC1)CCC2. The smallest absolute Gasteiger partial charge is 0.295 e. The highest BCUT2D eigenvalue weighted by Gasteiger charge is 2.32. The number of fused-ring (bicyclic) bond motifs is 1. The number of alkyl halides is 3. The number of hydrogen-bond donors (Lipinski definition) is 0. The van der Waals surface area contributed by atoms with Crippen molar-refractivity contribution in [2.45, 2.75) is 44.8 Å². The van der Waals surface area contributed by atoms with Gasteiger partial charge in [0.15, 0.2) is 0 Å². The van der Waals surface area contributed by atoms with E-state index in [1.165, 1.54) is 9.58 Å². The van der Waals surface area contributed by atoms with Crippen molar-refractivity contribution in [2.24, 2.45) is 5.92 Å². The summed E-state index contributed by atoms with van der Waals surface area (Å²) in [6, 6.07) is 1.67. The van der Waals surface area contributed by atoms with E-state index in [0.717, 1.165) is 30.5 Å². The van der Waals surface area contributed by atoms with Crippen LogP contribution in [0.15, 0.2) is 10.9 Å². The Labute approximate surface area is 126 Å². The Bertz CT molecular complexity index is 589. The first-order valence-electron chi connectivity index (χ1n) is 7.80. The van der Waals surface area contributed by atoms with Crippen molar-refractivity contribution in [3.05, 3.63) is 27.7 Å². The number of likely N-dealkylation sites (tertiary alicyclic amines) is 1. The first-order chi connectivity index (χ1) is 10.4. The third-order valence-corrected chi connectivity index (χ3v) is 4.57. The zero-order valence-corrected chi connectivity index (χ0v) is 12.4. The van der Waals surface area contributed by atoms with E-state index in [2.05, 4.69) is 5.10 Å². The number of halogens is 3. The molecule has 1 aliphatic carbocycles. The summed E-state index contributed by atoms with van der Waals surface area (Å²) in [5.41, 5.74) is 1.98. The molecule has 1 aliphatic heterocycles. The molecule has 0 aromatic carbocycles. The fraction of sp³-hybridized carbons (Fsp3) is 0.733. The molecule has 3 rings (SSSR count). The average Bonchev–Trinajstić information content (AvgIpc) is 2.87. The van der Waals surface area contributed by atoms with Crippen LogP contribution in [-0.4, -0.2) is 40.5 Å². The third kappa shape index (κ3) is 3.69. The van der Waals surface area contributed by atoms with Crippen molar-refractivity contribution in [1.29, 1.82) is 0 Å². The van der Waals surface area contributed by atoms with Crippen LogP contribution in [-0.2, 0) is 19.4 Å². The van der Waals surface area contributed by atoms with Crippen LogP contribution in [0.4, 0.5) is 13.2 Å². The van der Waals surface area contributed by atoms with E-state index < -0.39 is 12.7 Å². The van der Waals surface area contributed by atoms with E-state index in [4.69, 9.17) is 0 Å². The summed E-state index contributed by atoms with van der Waals surface area (Å²) in [6.45, 7) is 0.552. The molecule has 7 heteroatoms. The van der Waals surface area contributed by atoms with Gasteiger partial charge in [-0.15, -0.1) is 0 Å². The van der Waals surface area contributed by atoms with Crippen LogP contribution in [0.25, 0.3) is 0 Å². The molecule has 0 saturated carbocycles. The van der Waals surface area contributed by atoms with Crippen molar-refractivity contribution in [2.75, 3.05) is 19.6 Å². The largest absolute Gasteiger partial charge is 0.401 e. The zero-order chi connectivity index (χ0) is 15.7. The van der Waals surface area contributed by atoms with Crippen LogP contribution in [0, 0.1) is 5.92 Å². The molecule has 2 heterocycles. The molecule has 2 aliphatic rings. The van der Waals surface area contributed by atoms with Gasteiger partial charge in [0.25, 0.3) is 5.56 Å². The van der Waals surface area contributed by atoms with Crippen molar-refractivity contribution in [3.8, 4) is 0 Å². The molecule has 22 heavy (non-hydrogen) atoms. The van der Waals surface area contributed by atoms with Gasteiger partial charge in [-0.1, -0.05) is 0 Å². The fourth-order valence-electron chi connectivity index (χ4n) is 3.40. The first-order valence-corrected chi connectivity index (χ1v) is 7.80. The van der Waals surface area contributed by atoms with E-state index in [1.54, 1.807) is 6.07 Å². The maximum absolute atomic E-state index is 12.4. The second-order valence-electron chi connectivity index (χ2n) is 6.32. The molecule has 122 valence electrons. The number of hydrogen-bond acceptors (Lipinski definition) is 3. The molecule has 0 N–H and O–H groups in total. The Kier molecular flexibility index (Phi) is 4.25. The highest BCUT2D eigenvalue weighted by atomic mass is 19.4. The van der Waals surface area contributed by atoms with Gasteiger partial charge < -0.3 is 0 Å². The number of nitrogens with zero attached hydrogens (tertiary/aromatic N) is 3. The second kappa shape index (κ2) is 6.02. The van der Waals surface area contributed by atoms with Crippen molar-refractivity contribution in [3.63, 3.8) is 0 Å². The fourth-order valence-corrected chi connectivity index (χ4v) is 3.40. The van der Waals surface area contributed by atoms with Crippen LogP contribution >= 0.6 is 0 Å². The van der Waals surface area contributed by atoms with Crippen LogP contribution in [0.2, 0.25) is 0 Å². The summed E-state index contributed by atoms with van der Waals surface area (Å²) < 4.78 is 38.6. The molecule has 0 atom stereocenters. The van der Waals surface area contributed by atoms with E-state index in [-0.39, 0.29) is 11.5 Å². The molecule has 1 fully saturated rings. The topological polar surface area (TPSA) is 38.1 Å². The predicted molar refractivity (Wildman–Crippen MR) is 75.7 cm³/mol. The van der Waals surface area contributed by atoms with Gasteiger partial charge in [0.1, 0.15) is 0 Å². The second-order valence-corrected chi connectivity index (χ2v) is 6.32. The minimum Gasteiger partial charge on any atom is -0.295 e. The van der Waals surface area contributed by atoms with Gasteiger partial charge in [0.2, 0.25) is 0 Å². The summed E-state index contributed by atoms with van der Waals surface area (Å²) >= 11 is 0. The Morgan fingerprint density at radius 3 is 2.64 bits per heavy atom. The van der Waals surface area contributed by atoms with Gasteiger partial charge in [0, 0.05) is 12.6 Å². The molecule has 0 radical (unpaired) electrons. The van der Waals surface area contributed by atoms with Crippen molar-refractivity contribution >= 4 is 0 Å². The zero-order valence-electron chi connectivity index (χ0n) is 12.4. The van der Waals surface area contributed by atoms with Gasteiger partial charge in [-0.2, -0.15) is 18.3 Å². The van der Waals surface area contributed by atoms with E-state index >= 15 is 0 Å². The lowest BCUT2D eigenvalue weighted by Crippen LogP contribution is -2.41. The van der Waals surface area contributed by atoms with Crippen LogP contribution < -0.4 is 5.56 Å². The molecule has 0 amide bonds. The minimum absolute atomic E-state index is 0.0848. The molecule has 0 bridgehead atoms. The number of aromatic nitrogens is 2. The molecule has 0 unspecified atom stereocenters. The highest BCUT2D eigenvalue weighted by Crippen LogP contribution is 2.23. The van der Waals surface area contributed by atoms with Gasteiger partial charge >= 0.3 is 6.18 Å². The van der Waals surface area contributed by atoms with Gasteiger partial charge in [-0.25, -0.2) is 4.68 Å². The van der Waals surface area contributed by atoms with E-state index in [1.807, 2.05) is 0 Å². The highest BCUT2D eigenvalue weighted by molar-refractivity contribution is 5.22. The Balaban J connectivity index is 1.58. The third-order valence-electron chi connectivity index (χ3n) is 4.57. The molecule has 4 nitrogen and oxygen atoms in total. The lowest BCUT2D eigenvalue weighted by molar-refractivity contribution is -0.148. The Hall–Kier alpha value is -1.37. The molecule has 1 aromatic heterocycles. The quantitative estimate of drug-likeness (QED) is 0.856. The van der Waals surface area contributed by atoms with Crippen LogP contribution in [0.3, 0.4) is 0 Å². The summed E-state index contributed by atoms with van der Waals surface area (Å²) in [7, 11) is 0. The van der Waals surface area contributed by atoms with Gasteiger partial charge in [-0.05, 0) is 56.7 Å².